The maximum atomic E-state index is 12.3. The second-order valence-corrected chi connectivity index (χ2v) is 8.05. The smallest absolute Gasteiger partial charge is 0.341 e. The molecule has 2 aromatic rings. The number of aliphatic carboxylic acids is 1. The van der Waals surface area contributed by atoms with Crippen molar-refractivity contribution in [1.82, 2.24) is 4.72 Å². The Labute approximate surface area is 158 Å². The third-order valence-corrected chi connectivity index (χ3v) is 5.52. The van der Waals surface area contributed by atoms with Crippen LogP contribution < -0.4 is 9.46 Å². The first-order valence-electron chi connectivity index (χ1n) is 8.53. The van der Waals surface area contributed by atoms with Crippen LogP contribution in [0.25, 0.3) is 0 Å². The van der Waals surface area contributed by atoms with Crippen LogP contribution in [-0.2, 0) is 31.7 Å². The van der Waals surface area contributed by atoms with E-state index in [0.717, 1.165) is 16.7 Å². The van der Waals surface area contributed by atoms with Gasteiger partial charge in [0.15, 0.2) is 6.61 Å². The van der Waals surface area contributed by atoms with Crippen LogP contribution in [0, 0.1) is 0 Å². The number of hydrogen-bond donors (Lipinski definition) is 2. The largest absolute Gasteiger partial charge is 0.482 e. The number of benzene rings is 2. The summed E-state index contributed by atoms with van der Waals surface area (Å²) in [7, 11) is -3.48. The van der Waals surface area contributed by atoms with Crippen LogP contribution in [0.5, 0.6) is 5.75 Å². The highest BCUT2D eigenvalue weighted by Gasteiger charge is 2.23. The van der Waals surface area contributed by atoms with Gasteiger partial charge in [-0.05, 0) is 35.2 Å². The molecule has 2 aromatic carbocycles. The van der Waals surface area contributed by atoms with Crippen molar-refractivity contribution < 1.29 is 27.8 Å². The third kappa shape index (κ3) is 5.53. The van der Waals surface area contributed by atoms with Crippen molar-refractivity contribution in [1.29, 1.82) is 0 Å². The minimum absolute atomic E-state index is 0.0879. The first-order chi connectivity index (χ1) is 12.9. The quantitative estimate of drug-likeness (QED) is 0.712. The molecule has 27 heavy (non-hydrogen) atoms. The molecule has 0 saturated carbocycles. The van der Waals surface area contributed by atoms with Gasteiger partial charge >= 0.3 is 5.97 Å². The Bertz CT molecular complexity index is 898. The molecule has 2 N–H and O–H groups in total. The zero-order valence-corrected chi connectivity index (χ0v) is 15.4. The predicted molar refractivity (Wildman–Crippen MR) is 99.0 cm³/mol. The van der Waals surface area contributed by atoms with Gasteiger partial charge in [-0.2, -0.15) is 0 Å². The average molecular weight is 391 g/mol. The van der Waals surface area contributed by atoms with Gasteiger partial charge in [0, 0.05) is 6.54 Å². The fourth-order valence-electron chi connectivity index (χ4n) is 2.96. The highest BCUT2D eigenvalue weighted by Crippen LogP contribution is 2.30. The molecular weight excluding hydrogens is 370 g/mol. The molecule has 0 amide bonds. The van der Waals surface area contributed by atoms with E-state index in [1.807, 2.05) is 6.07 Å². The lowest BCUT2D eigenvalue weighted by Gasteiger charge is -2.26. The van der Waals surface area contributed by atoms with E-state index in [-0.39, 0.29) is 12.3 Å². The number of ether oxygens (including phenoxy) is 2. The van der Waals surface area contributed by atoms with Gasteiger partial charge in [-0.3, -0.25) is 0 Å². The molecule has 0 saturated heterocycles. The number of hydrogen-bond acceptors (Lipinski definition) is 5. The van der Waals surface area contributed by atoms with Gasteiger partial charge in [-0.25, -0.2) is 17.9 Å². The lowest BCUT2D eigenvalue weighted by atomic mass is 9.97. The molecule has 1 heterocycles. The topological polar surface area (TPSA) is 102 Å². The molecular formula is C19H21NO6S. The highest BCUT2D eigenvalue weighted by molar-refractivity contribution is 7.88. The summed E-state index contributed by atoms with van der Waals surface area (Å²) in [6.07, 6.45) is 0.264. The molecule has 144 valence electrons. The number of carbonyl (C=O) groups is 1. The first-order valence-corrected chi connectivity index (χ1v) is 10.2. The summed E-state index contributed by atoms with van der Waals surface area (Å²) >= 11 is 0. The Kier molecular flexibility index (Phi) is 6.10. The van der Waals surface area contributed by atoms with Crippen LogP contribution in [0.4, 0.5) is 0 Å². The summed E-state index contributed by atoms with van der Waals surface area (Å²) in [5, 5.41) is 8.70. The third-order valence-electron chi connectivity index (χ3n) is 4.20. The van der Waals surface area contributed by atoms with Gasteiger partial charge < -0.3 is 14.6 Å². The minimum Gasteiger partial charge on any atom is -0.482 e. The zero-order valence-electron chi connectivity index (χ0n) is 14.6. The zero-order chi connectivity index (χ0) is 19.3. The van der Waals surface area contributed by atoms with Crippen LogP contribution in [0.1, 0.15) is 22.8 Å². The first kappa shape index (κ1) is 19.3. The average Bonchev–Trinajstić information content (AvgIpc) is 2.65. The molecule has 1 aliphatic heterocycles. The Morgan fingerprint density at radius 1 is 1.22 bits per heavy atom. The molecule has 1 atom stereocenters. The summed E-state index contributed by atoms with van der Waals surface area (Å²) in [6, 6.07) is 14.2. The van der Waals surface area contributed by atoms with E-state index in [2.05, 4.69) is 4.72 Å². The summed E-state index contributed by atoms with van der Waals surface area (Å²) < 4.78 is 38.2. The number of fused-ring (bicyclic) bond motifs is 1. The number of rotatable bonds is 8. The molecule has 0 fully saturated rings. The van der Waals surface area contributed by atoms with Crippen molar-refractivity contribution in [2.45, 2.75) is 18.3 Å². The SMILES string of the molecule is O=C(O)COc1ccc2c(c1)CCOC2CNS(=O)(=O)Cc1ccccc1. The van der Waals surface area contributed by atoms with Crippen molar-refractivity contribution >= 4 is 16.0 Å². The molecule has 0 radical (unpaired) electrons. The van der Waals surface area contributed by atoms with Crippen molar-refractivity contribution in [3.05, 3.63) is 65.2 Å². The number of nitrogens with one attached hydrogen (secondary N) is 1. The molecule has 7 nitrogen and oxygen atoms in total. The summed E-state index contributed by atoms with van der Waals surface area (Å²) in [6.45, 7) is 0.190. The van der Waals surface area contributed by atoms with Crippen molar-refractivity contribution in [2.24, 2.45) is 0 Å². The Hall–Kier alpha value is -2.42. The Morgan fingerprint density at radius 2 is 2.00 bits per heavy atom. The molecule has 0 spiro atoms. The molecule has 3 rings (SSSR count). The van der Waals surface area contributed by atoms with Gasteiger partial charge in [0.25, 0.3) is 0 Å². The van der Waals surface area contributed by atoms with Gasteiger partial charge in [-0.1, -0.05) is 36.4 Å². The van der Waals surface area contributed by atoms with Crippen molar-refractivity contribution in [3.63, 3.8) is 0 Å². The summed E-state index contributed by atoms with van der Waals surface area (Å²) in [5.74, 6) is -0.654. The fourth-order valence-corrected chi connectivity index (χ4v) is 4.10. The van der Waals surface area contributed by atoms with E-state index in [1.54, 1.807) is 42.5 Å². The Morgan fingerprint density at radius 3 is 2.74 bits per heavy atom. The number of sulfonamides is 1. The normalized spacial score (nSPS) is 16.5. The van der Waals surface area contributed by atoms with E-state index in [1.165, 1.54) is 0 Å². The lowest BCUT2D eigenvalue weighted by molar-refractivity contribution is -0.139. The maximum Gasteiger partial charge on any atom is 0.341 e. The predicted octanol–water partition coefficient (Wildman–Crippen LogP) is 1.88. The molecule has 8 heteroatoms. The van der Waals surface area contributed by atoms with Crippen LogP contribution in [0.15, 0.2) is 48.5 Å². The number of carboxylic acid groups (broad SMARTS) is 1. The molecule has 0 aromatic heterocycles. The van der Waals surface area contributed by atoms with Crippen molar-refractivity contribution in [2.75, 3.05) is 19.8 Å². The van der Waals surface area contributed by atoms with E-state index in [4.69, 9.17) is 14.6 Å². The number of carboxylic acids is 1. The standard InChI is InChI=1S/C19H21NO6S/c21-19(22)12-26-16-6-7-17-15(10-16)8-9-25-18(17)11-20-27(23,24)13-14-4-2-1-3-5-14/h1-7,10,18,20H,8-9,11-13H2,(H,21,22). The van der Waals surface area contributed by atoms with Gasteiger partial charge in [0.05, 0.1) is 18.5 Å². The highest BCUT2D eigenvalue weighted by atomic mass is 32.2. The van der Waals surface area contributed by atoms with Crippen LogP contribution in [0.3, 0.4) is 0 Å². The van der Waals surface area contributed by atoms with Gasteiger partial charge in [0.1, 0.15) is 5.75 Å². The molecule has 1 aliphatic rings. The van der Waals surface area contributed by atoms with Crippen LogP contribution in [-0.4, -0.2) is 39.3 Å². The minimum atomic E-state index is -3.48. The summed E-state index contributed by atoms with van der Waals surface area (Å²) in [5.41, 5.74) is 2.57. The Balaban J connectivity index is 1.64. The second-order valence-electron chi connectivity index (χ2n) is 6.25. The van der Waals surface area contributed by atoms with E-state index in [9.17, 15) is 13.2 Å². The summed E-state index contributed by atoms with van der Waals surface area (Å²) in [4.78, 5) is 10.6. The molecule has 0 bridgehead atoms. The van der Waals surface area contributed by atoms with Gasteiger partial charge in [0.2, 0.25) is 10.0 Å². The van der Waals surface area contributed by atoms with E-state index in [0.29, 0.717) is 18.8 Å². The fraction of sp³-hybridized carbons (Fsp3) is 0.316. The van der Waals surface area contributed by atoms with Crippen molar-refractivity contribution in [3.8, 4) is 5.75 Å². The lowest BCUT2D eigenvalue weighted by Crippen LogP contribution is -2.32. The van der Waals surface area contributed by atoms with Crippen LogP contribution in [0.2, 0.25) is 0 Å². The monoisotopic (exact) mass is 391 g/mol. The molecule has 0 aliphatic carbocycles. The second kappa shape index (κ2) is 8.51. The maximum absolute atomic E-state index is 12.3. The van der Waals surface area contributed by atoms with Gasteiger partial charge in [-0.15, -0.1) is 0 Å². The molecule has 1 unspecified atom stereocenters. The van der Waals surface area contributed by atoms with E-state index < -0.39 is 28.7 Å². The van der Waals surface area contributed by atoms with E-state index >= 15 is 0 Å². The van der Waals surface area contributed by atoms with Crippen LogP contribution >= 0.6 is 0 Å².